The second-order valence-corrected chi connectivity index (χ2v) is 9.99. The lowest BCUT2D eigenvalue weighted by molar-refractivity contribution is -0.142. The third-order valence-electron chi connectivity index (χ3n) is 8.44. The van der Waals surface area contributed by atoms with E-state index in [0.29, 0.717) is 26.3 Å². The van der Waals surface area contributed by atoms with Crippen molar-refractivity contribution in [2.45, 2.75) is 58.3 Å². The van der Waals surface area contributed by atoms with E-state index in [1.807, 2.05) is 4.90 Å². The van der Waals surface area contributed by atoms with Gasteiger partial charge in [-0.15, -0.1) is 0 Å². The van der Waals surface area contributed by atoms with Crippen molar-refractivity contribution in [1.29, 1.82) is 0 Å². The van der Waals surface area contributed by atoms with Crippen LogP contribution in [0, 0.1) is 19.3 Å². The number of benzene rings is 1. The minimum absolute atomic E-state index is 0.131. The SMILES string of the molecule is COCCN(CCOC)C(=O)C12CCC(C)(c3nc4cc(C)c(C)cc4nc31)C2(C)C. The van der Waals surface area contributed by atoms with Gasteiger partial charge in [-0.25, -0.2) is 9.97 Å². The largest absolute Gasteiger partial charge is 0.383 e. The van der Waals surface area contributed by atoms with Crippen molar-refractivity contribution in [3.8, 4) is 0 Å². The van der Waals surface area contributed by atoms with Crippen LogP contribution in [-0.4, -0.2) is 61.3 Å². The maximum Gasteiger partial charge on any atom is 0.235 e. The van der Waals surface area contributed by atoms with Gasteiger partial charge in [0.05, 0.1) is 41.1 Å². The van der Waals surface area contributed by atoms with E-state index in [9.17, 15) is 4.79 Å². The molecule has 168 valence electrons. The number of aryl methyl sites for hydroxylation is 2. The van der Waals surface area contributed by atoms with Crippen LogP contribution >= 0.6 is 0 Å². The molecule has 0 saturated heterocycles. The molecule has 1 fully saturated rings. The molecule has 1 heterocycles. The maximum absolute atomic E-state index is 14.3. The number of aromatic nitrogens is 2. The average Bonchev–Trinajstić information content (AvgIpc) is 3.02. The summed E-state index contributed by atoms with van der Waals surface area (Å²) in [6.45, 7) is 13.0. The van der Waals surface area contributed by atoms with E-state index in [1.54, 1.807) is 14.2 Å². The molecule has 0 aliphatic heterocycles. The average molecular weight is 426 g/mol. The first-order valence-corrected chi connectivity index (χ1v) is 11.2. The number of methoxy groups -OCH3 is 2. The highest BCUT2D eigenvalue weighted by atomic mass is 16.5. The number of nitrogens with zero attached hydrogens (tertiary/aromatic N) is 3. The number of carbonyl (C=O) groups excluding carboxylic acids is 1. The summed E-state index contributed by atoms with van der Waals surface area (Å²) in [5, 5.41) is 0. The third-order valence-corrected chi connectivity index (χ3v) is 8.44. The van der Waals surface area contributed by atoms with Crippen molar-refractivity contribution in [1.82, 2.24) is 14.9 Å². The molecule has 6 nitrogen and oxygen atoms in total. The van der Waals surface area contributed by atoms with Crippen LogP contribution in [0.15, 0.2) is 12.1 Å². The summed E-state index contributed by atoms with van der Waals surface area (Å²) in [5.74, 6) is 0.131. The van der Waals surface area contributed by atoms with Gasteiger partial charge in [0, 0.05) is 32.7 Å². The number of amides is 1. The minimum Gasteiger partial charge on any atom is -0.383 e. The van der Waals surface area contributed by atoms with Gasteiger partial charge in [0.25, 0.3) is 0 Å². The van der Waals surface area contributed by atoms with Crippen LogP contribution in [0.2, 0.25) is 0 Å². The van der Waals surface area contributed by atoms with Crippen molar-refractivity contribution < 1.29 is 14.3 Å². The van der Waals surface area contributed by atoms with Gasteiger partial charge in [-0.05, 0) is 55.4 Å². The number of hydrogen-bond acceptors (Lipinski definition) is 5. The maximum atomic E-state index is 14.3. The van der Waals surface area contributed by atoms with Crippen molar-refractivity contribution >= 4 is 16.9 Å². The minimum atomic E-state index is -0.682. The zero-order valence-corrected chi connectivity index (χ0v) is 20.0. The van der Waals surface area contributed by atoms with Gasteiger partial charge in [0.2, 0.25) is 5.91 Å². The number of fused-ring (bicyclic) bond motifs is 6. The van der Waals surface area contributed by atoms with E-state index < -0.39 is 5.41 Å². The fourth-order valence-corrected chi connectivity index (χ4v) is 5.82. The second-order valence-electron chi connectivity index (χ2n) is 9.99. The molecule has 2 aromatic rings. The zero-order chi connectivity index (χ0) is 22.6. The highest BCUT2D eigenvalue weighted by Gasteiger charge is 2.73. The summed E-state index contributed by atoms with van der Waals surface area (Å²) in [4.78, 5) is 26.4. The molecule has 6 heteroatoms. The molecular weight excluding hydrogens is 390 g/mol. The first-order chi connectivity index (χ1) is 14.6. The van der Waals surface area contributed by atoms with Crippen molar-refractivity contribution in [2.24, 2.45) is 5.41 Å². The van der Waals surface area contributed by atoms with Crippen LogP contribution in [0.4, 0.5) is 0 Å². The van der Waals surface area contributed by atoms with Gasteiger partial charge in [-0.1, -0.05) is 20.8 Å². The Morgan fingerprint density at radius 3 is 1.97 bits per heavy atom. The predicted molar refractivity (Wildman–Crippen MR) is 121 cm³/mol. The molecule has 2 unspecified atom stereocenters. The molecule has 31 heavy (non-hydrogen) atoms. The highest BCUT2D eigenvalue weighted by Crippen LogP contribution is 2.70. The first-order valence-electron chi connectivity index (χ1n) is 11.2. The number of rotatable bonds is 7. The summed E-state index contributed by atoms with van der Waals surface area (Å²) < 4.78 is 10.6. The quantitative estimate of drug-likeness (QED) is 0.677. The standard InChI is InChI=1S/C25H35N3O3/c1-16-14-18-19(15-17(16)2)27-21-20(26-18)24(5)8-9-25(21,23(24,3)4)22(29)28(10-12-30-6)11-13-31-7/h14-15H,8-13H2,1-7H3. The van der Waals surface area contributed by atoms with Gasteiger partial charge in [0.1, 0.15) is 0 Å². The number of ether oxygens (including phenoxy) is 2. The molecule has 0 radical (unpaired) electrons. The van der Waals surface area contributed by atoms with Gasteiger partial charge < -0.3 is 14.4 Å². The molecule has 1 aromatic carbocycles. The van der Waals surface area contributed by atoms with E-state index in [4.69, 9.17) is 19.4 Å². The fraction of sp³-hybridized carbons (Fsp3) is 0.640. The molecule has 0 N–H and O–H groups in total. The van der Waals surface area contributed by atoms with E-state index in [0.717, 1.165) is 35.3 Å². The third kappa shape index (κ3) is 2.87. The van der Waals surface area contributed by atoms with Crippen molar-refractivity contribution in [3.05, 3.63) is 34.6 Å². The van der Waals surface area contributed by atoms with Gasteiger partial charge in [-0.2, -0.15) is 0 Å². The summed E-state index contributed by atoms with van der Waals surface area (Å²) >= 11 is 0. The van der Waals surface area contributed by atoms with E-state index in [1.165, 1.54) is 11.1 Å². The van der Waals surface area contributed by atoms with E-state index >= 15 is 0 Å². The van der Waals surface area contributed by atoms with Crippen LogP contribution in [0.3, 0.4) is 0 Å². The Morgan fingerprint density at radius 1 is 0.935 bits per heavy atom. The molecule has 2 aliphatic carbocycles. The molecule has 2 aliphatic rings. The van der Waals surface area contributed by atoms with Gasteiger partial charge in [-0.3, -0.25) is 4.79 Å². The second kappa shape index (κ2) is 7.52. The molecule has 1 saturated carbocycles. The first kappa shape index (κ1) is 22.2. The molecule has 2 bridgehead atoms. The summed E-state index contributed by atoms with van der Waals surface area (Å²) in [6.07, 6.45) is 1.73. The number of hydrogen-bond donors (Lipinski definition) is 0. The van der Waals surface area contributed by atoms with Crippen LogP contribution in [0.1, 0.15) is 56.1 Å². The Balaban J connectivity index is 1.90. The van der Waals surface area contributed by atoms with Crippen LogP contribution in [-0.2, 0) is 25.1 Å². The molecular formula is C25H35N3O3. The molecule has 4 rings (SSSR count). The fourth-order valence-electron chi connectivity index (χ4n) is 5.82. The molecule has 1 aromatic heterocycles. The molecule has 2 atom stereocenters. The van der Waals surface area contributed by atoms with Crippen LogP contribution in [0.25, 0.3) is 11.0 Å². The molecule has 1 amide bonds. The van der Waals surface area contributed by atoms with Gasteiger partial charge in [0.15, 0.2) is 0 Å². The van der Waals surface area contributed by atoms with Crippen LogP contribution in [0.5, 0.6) is 0 Å². The van der Waals surface area contributed by atoms with E-state index in [2.05, 4.69) is 46.8 Å². The monoisotopic (exact) mass is 425 g/mol. The Kier molecular flexibility index (Phi) is 5.38. The summed E-state index contributed by atoms with van der Waals surface area (Å²) in [7, 11) is 3.33. The Labute approximate surface area is 185 Å². The zero-order valence-electron chi connectivity index (χ0n) is 20.0. The lowest BCUT2D eigenvalue weighted by atomic mass is 9.63. The smallest absolute Gasteiger partial charge is 0.235 e. The lowest BCUT2D eigenvalue weighted by Crippen LogP contribution is -2.54. The lowest BCUT2D eigenvalue weighted by Gasteiger charge is -2.42. The highest BCUT2D eigenvalue weighted by molar-refractivity contribution is 5.93. The predicted octanol–water partition coefficient (Wildman–Crippen LogP) is 3.70. The van der Waals surface area contributed by atoms with Crippen molar-refractivity contribution in [2.75, 3.05) is 40.5 Å². The van der Waals surface area contributed by atoms with Gasteiger partial charge >= 0.3 is 0 Å². The summed E-state index contributed by atoms with van der Waals surface area (Å²) in [5.41, 5.74) is 4.93. The Morgan fingerprint density at radius 2 is 1.45 bits per heavy atom. The molecule has 0 spiro atoms. The van der Waals surface area contributed by atoms with Crippen molar-refractivity contribution in [3.63, 3.8) is 0 Å². The topological polar surface area (TPSA) is 64.6 Å². The Bertz CT molecular complexity index is 1030. The summed E-state index contributed by atoms with van der Waals surface area (Å²) in [6, 6.07) is 4.23. The van der Waals surface area contributed by atoms with Crippen LogP contribution < -0.4 is 0 Å². The van der Waals surface area contributed by atoms with E-state index in [-0.39, 0.29) is 16.7 Å². The normalized spacial score (nSPS) is 25.8. The number of carbonyl (C=O) groups is 1. The Hall–Kier alpha value is -2.05.